The fraction of sp³-hybridized carbons (Fsp3) is 0.333. The molecule has 4 heterocycles. The molecule has 4 aromatic heterocycles. The Balaban J connectivity index is 0.000000258. The molecule has 12 nitrogen and oxygen atoms in total. The molecule has 1 aromatic carbocycles. The minimum absolute atomic E-state index is 0.0763. The van der Waals surface area contributed by atoms with E-state index in [1.165, 1.54) is 64.8 Å². The lowest BCUT2D eigenvalue weighted by atomic mass is 10.2. The summed E-state index contributed by atoms with van der Waals surface area (Å²) >= 11 is 5.50. The van der Waals surface area contributed by atoms with E-state index in [2.05, 4.69) is 35.9 Å². The second kappa shape index (κ2) is 17.6. The average Bonchev–Trinajstić information content (AvgIpc) is 3.67. The van der Waals surface area contributed by atoms with Gasteiger partial charge in [-0.15, -0.1) is 22.7 Å². The van der Waals surface area contributed by atoms with Gasteiger partial charge in [0.25, 0.3) is 0 Å². The third kappa shape index (κ3) is 11.8. The van der Waals surface area contributed by atoms with Gasteiger partial charge in [-0.25, -0.2) is 42.3 Å². The molecule has 0 aliphatic carbocycles. The van der Waals surface area contributed by atoms with Gasteiger partial charge in [-0.2, -0.15) is 8.78 Å². The Morgan fingerprint density at radius 3 is 1.69 bits per heavy atom. The Labute approximate surface area is 333 Å². The highest BCUT2D eigenvalue weighted by Crippen LogP contribution is 2.37. The SMILES string of the molecule is CN(Cc1nc(-c2cccnc2F)c(Br)s1)C(=O)OC(C)(C)C.CN(Cc1nc(-c2cccnc2F)c(S(=O)(=O)c2cccc(F)c2)s1)C(=O)OC(C)(C)C. The summed E-state index contributed by atoms with van der Waals surface area (Å²) in [5.41, 5.74) is -0.750. The predicted molar refractivity (Wildman–Crippen MR) is 206 cm³/mol. The highest BCUT2D eigenvalue weighted by atomic mass is 79.9. The van der Waals surface area contributed by atoms with Gasteiger partial charge in [-0.3, -0.25) is 0 Å². The van der Waals surface area contributed by atoms with Gasteiger partial charge in [0.2, 0.25) is 21.7 Å². The molecular weight excluding hydrogens is 846 g/mol. The first-order chi connectivity index (χ1) is 25.6. The van der Waals surface area contributed by atoms with Crippen LogP contribution in [-0.2, 0) is 32.4 Å². The monoisotopic (exact) mass is 882 g/mol. The van der Waals surface area contributed by atoms with E-state index in [-0.39, 0.29) is 38.5 Å². The summed E-state index contributed by atoms with van der Waals surface area (Å²) in [6.45, 7) is 10.8. The van der Waals surface area contributed by atoms with Crippen LogP contribution in [0.3, 0.4) is 0 Å². The topological polar surface area (TPSA) is 145 Å². The Hall–Kier alpha value is -4.46. The van der Waals surface area contributed by atoms with Crippen LogP contribution in [-0.4, -0.2) is 75.6 Å². The molecule has 0 N–H and O–H groups in total. The molecule has 19 heteroatoms. The first-order valence-corrected chi connectivity index (χ1v) is 20.2. The molecule has 0 saturated carbocycles. The van der Waals surface area contributed by atoms with E-state index in [0.717, 1.165) is 23.5 Å². The Morgan fingerprint density at radius 2 is 1.22 bits per heavy atom. The summed E-state index contributed by atoms with van der Waals surface area (Å²) in [6, 6.07) is 10.6. The summed E-state index contributed by atoms with van der Waals surface area (Å²) < 4.78 is 79.4. The van der Waals surface area contributed by atoms with E-state index in [1.54, 1.807) is 40.0 Å². The number of aromatic nitrogens is 4. The van der Waals surface area contributed by atoms with Crippen LogP contribution in [0.25, 0.3) is 22.5 Å². The van der Waals surface area contributed by atoms with E-state index >= 15 is 0 Å². The quantitative estimate of drug-likeness (QED) is 0.138. The van der Waals surface area contributed by atoms with Crippen molar-refractivity contribution in [3.63, 3.8) is 0 Å². The third-order valence-electron chi connectivity index (χ3n) is 6.80. The van der Waals surface area contributed by atoms with Crippen molar-refractivity contribution in [2.75, 3.05) is 14.1 Å². The highest BCUT2D eigenvalue weighted by Gasteiger charge is 2.30. The first-order valence-electron chi connectivity index (χ1n) is 16.3. The Kier molecular flexibility index (Phi) is 13.8. The summed E-state index contributed by atoms with van der Waals surface area (Å²) in [5, 5.41) is 0.898. The Morgan fingerprint density at radius 1 is 0.745 bits per heavy atom. The number of hydrogen-bond donors (Lipinski definition) is 0. The first kappa shape index (κ1) is 43.3. The minimum atomic E-state index is -4.23. The zero-order valence-corrected chi connectivity index (χ0v) is 35.1. The number of ether oxygens (including phenoxy) is 2. The second-order valence-corrected chi connectivity index (χ2v) is 19.4. The molecule has 0 saturated heterocycles. The fourth-order valence-corrected chi connectivity index (χ4v) is 9.17. The summed E-state index contributed by atoms with van der Waals surface area (Å²) in [6.07, 6.45) is 1.55. The number of carbonyl (C=O) groups excluding carboxylic acids is 2. The van der Waals surface area contributed by atoms with Crippen LogP contribution in [0.5, 0.6) is 0 Å². The molecule has 294 valence electrons. The van der Waals surface area contributed by atoms with Crippen LogP contribution in [0.1, 0.15) is 51.6 Å². The van der Waals surface area contributed by atoms with Gasteiger partial charge in [0.1, 0.15) is 38.4 Å². The molecule has 0 aliphatic rings. The van der Waals surface area contributed by atoms with Crippen LogP contribution in [0.15, 0.2) is 73.8 Å². The number of halogens is 4. The number of sulfone groups is 1. The van der Waals surface area contributed by atoms with Crippen molar-refractivity contribution in [2.24, 2.45) is 0 Å². The molecule has 5 rings (SSSR count). The normalized spacial score (nSPS) is 11.7. The standard InChI is InChI=1S/C21H21F2N3O4S2.C15H17BrFN3O2S/c1-21(2,3)30-20(27)26(4)12-16-25-17(15-9-6-10-24-18(15)23)19(31-16)32(28,29)14-8-5-7-13(22)11-14;1-15(2,3)22-14(21)20(4)8-10-19-11(12(16)23-10)9-6-5-7-18-13(9)17/h5-11H,12H2,1-4H3;5-7H,8H2,1-4H3. The van der Waals surface area contributed by atoms with Crippen molar-refractivity contribution in [3.05, 3.63) is 92.4 Å². The van der Waals surface area contributed by atoms with E-state index in [4.69, 9.17) is 9.47 Å². The van der Waals surface area contributed by atoms with Gasteiger partial charge in [0.05, 0.1) is 32.9 Å². The molecule has 0 radical (unpaired) electrons. The van der Waals surface area contributed by atoms with E-state index in [0.29, 0.717) is 20.1 Å². The van der Waals surface area contributed by atoms with Gasteiger partial charge in [-0.1, -0.05) is 6.07 Å². The molecule has 0 fully saturated rings. The van der Waals surface area contributed by atoms with Gasteiger partial charge >= 0.3 is 12.2 Å². The van der Waals surface area contributed by atoms with Crippen molar-refractivity contribution in [2.45, 2.75) is 74.9 Å². The smallest absolute Gasteiger partial charge is 0.410 e. The lowest BCUT2D eigenvalue weighted by Crippen LogP contribution is -2.33. The number of rotatable bonds is 8. The van der Waals surface area contributed by atoms with Gasteiger partial charge in [-0.05, 0) is 99.9 Å². The molecule has 0 atom stereocenters. The third-order valence-corrected chi connectivity index (χ3v) is 11.8. The average molecular weight is 884 g/mol. The van der Waals surface area contributed by atoms with Crippen LogP contribution >= 0.6 is 38.6 Å². The largest absolute Gasteiger partial charge is 0.444 e. The molecule has 0 unspecified atom stereocenters. The molecule has 55 heavy (non-hydrogen) atoms. The lowest BCUT2D eigenvalue weighted by molar-refractivity contribution is 0.0275. The molecule has 0 bridgehead atoms. The maximum Gasteiger partial charge on any atom is 0.410 e. The molecular formula is C36H38BrF3N6O6S3. The zero-order valence-electron chi connectivity index (χ0n) is 31.1. The summed E-state index contributed by atoms with van der Waals surface area (Å²) in [4.78, 5) is 42.5. The molecule has 0 spiro atoms. The van der Waals surface area contributed by atoms with Gasteiger partial charge in [0, 0.05) is 26.5 Å². The highest BCUT2D eigenvalue weighted by molar-refractivity contribution is 9.11. The number of hydrogen-bond acceptors (Lipinski definition) is 12. The number of amides is 2. The lowest BCUT2D eigenvalue weighted by Gasteiger charge is -2.24. The van der Waals surface area contributed by atoms with Crippen LogP contribution in [0.2, 0.25) is 0 Å². The van der Waals surface area contributed by atoms with Crippen LogP contribution in [0.4, 0.5) is 22.8 Å². The summed E-state index contributed by atoms with van der Waals surface area (Å²) in [5.74, 6) is -2.21. The van der Waals surface area contributed by atoms with Crippen LogP contribution < -0.4 is 0 Å². The minimum Gasteiger partial charge on any atom is -0.444 e. The molecule has 2 amide bonds. The van der Waals surface area contributed by atoms with Crippen LogP contribution in [0, 0.1) is 17.7 Å². The fourth-order valence-electron chi connectivity index (χ4n) is 4.43. The number of nitrogens with zero attached hydrogens (tertiary/aromatic N) is 6. The maximum absolute atomic E-state index is 14.4. The number of benzene rings is 1. The maximum atomic E-state index is 14.4. The number of pyridine rings is 2. The van der Waals surface area contributed by atoms with Gasteiger partial charge < -0.3 is 19.3 Å². The van der Waals surface area contributed by atoms with Crippen molar-refractivity contribution >= 4 is 60.6 Å². The predicted octanol–water partition coefficient (Wildman–Crippen LogP) is 9.16. The van der Waals surface area contributed by atoms with E-state index in [9.17, 15) is 31.2 Å². The van der Waals surface area contributed by atoms with E-state index in [1.807, 2.05) is 20.8 Å². The van der Waals surface area contributed by atoms with Crippen molar-refractivity contribution in [3.8, 4) is 22.5 Å². The van der Waals surface area contributed by atoms with Crippen molar-refractivity contribution in [1.82, 2.24) is 29.7 Å². The van der Waals surface area contributed by atoms with Gasteiger partial charge in [0.15, 0.2) is 4.21 Å². The summed E-state index contributed by atoms with van der Waals surface area (Å²) in [7, 11) is -1.13. The van der Waals surface area contributed by atoms with Crippen molar-refractivity contribution in [1.29, 1.82) is 0 Å². The van der Waals surface area contributed by atoms with E-state index < -0.39 is 50.9 Å². The zero-order chi connectivity index (χ0) is 40.9. The molecule has 0 aliphatic heterocycles. The molecule has 5 aromatic rings. The Bertz CT molecular complexity index is 2280. The second-order valence-electron chi connectivity index (χ2n) is 13.8. The van der Waals surface area contributed by atoms with Crippen molar-refractivity contribution < 1.29 is 40.7 Å². The number of thiazole rings is 2. The number of carbonyl (C=O) groups is 2.